The molecule has 0 saturated heterocycles. The Labute approximate surface area is 92.6 Å². The fraction of sp³-hybridized carbons (Fsp3) is 0.400. The second kappa shape index (κ2) is 5.79. The van der Waals surface area contributed by atoms with Crippen LogP contribution in [0.3, 0.4) is 0 Å². The van der Waals surface area contributed by atoms with Gasteiger partial charge in [0, 0.05) is 26.2 Å². The quantitative estimate of drug-likeness (QED) is 0.697. The van der Waals surface area contributed by atoms with Gasteiger partial charge in [0.25, 0.3) is 0 Å². The number of aromatic nitrogens is 2. The van der Waals surface area contributed by atoms with Gasteiger partial charge in [0.15, 0.2) is 0 Å². The maximum atomic E-state index is 10.6. The summed E-state index contributed by atoms with van der Waals surface area (Å²) < 4.78 is 9.59. The summed E-state index contributed by atoms with van der Waals surface area (Å²) in [5, 5.41) is 0. The van der Waals surface area contributed by atoms with E-state index in [-0.39, 0.29) is 13.2 Å². The maximum Gasteiger partial charge on any atom is 0.303 e. The van der Waals surface area contributed by atoms with Crippen LogP contribution in [0.1, 0.15) is 25.2 Å². The van der Waals surface area contributed by atoms with E-state index in [0.717, 1.165) is 0 Å². The molecule has 0 bridgehead atoms. The molecule has 0 aliphatic carbocycles. The summed E-state index contributed by atoms with van der Waals surface area (Å²) in [6.45, 7) is 2.67. The molecule has 1 aromatic rings. The molecule has 0 unspecified atom stereocenters. The van der Waals surface area contributed by atoms with Crippen molar-refractivity contribution >= 4 is 11.9 Å². The van der Waals surface area contributed by atoms with E-state index in [9.17, 15) is 9.59 Å². The van der Waals surface area contributed by atoms with Crippen molar-refractivity contribution in [3.8, 4) is 0 Å². The number of ether oxygens (including phenoxy) is 2. The Morgan fingerprint density at radius 3 is 1.69 bits per heavy atom. The molecule has 1 aromatic heterocycles. The summed E-state index contributed by atoms with van der Waals surface area (Å²) in [4.78, 5) is 29.3. The van der Waals surface area contributed by atoms with E-state index in [1.807, 2.05) is 0 Å². The molecule has 86 valence electrons. The van der Waals surface area contributed by atoms with Crippen molar-refractivity contribution in [2.24, 2.45) is 0 Å². The fourth-order valence-electron chi connectivity index (χ4n) is 0.977. The van der Waals surface area contributed by atoms with Crippen molar-refractivity contribution < 1.29 is 19.1 Å². The molecule has 1 rings (SSSR count). The molecule has 0 radical (unpaired) electrons. The van der Waals surface area contributed by atoms with Gasteiger partial charge in [-0.15, -0.1) is 0 Å². The predicted octanol–water partition coefficient (Wildman–Crippen LogP) is 0.603. The maximum absolute atomic E-state index is 10.6. The first-order chi connectivity index (χ1) is 7.59. The van der Waals surface area contributed by atoms with Gasteiger partial charge in [-0.25, -0.2) is 0 Å². The van der Waals surface area contributed by atoms with Crippen molar-refractivity contribution in [2.75, 3.05) is 0 Å². The Hall–Kier alpha value is -1.98. The first-order valence-corrected chi connectivity index (χ1v) is 4.65. The molecule has 16 heavy (non-hydrogen) atoms. The van der Waals surface area contributed by atoms with Crippen LogP contribution in [0.2, 0.25) is 0 Å². The van der Waals surface area contributed by atoms with Gasteiger partial charge in [0.05, 0.1) is 0 Å². The third kappa shape index (κ3) is 4.04. The number of esters is 2. The van der Waals surface area contributed by atoms with Crippen LogP contribution in [-0.4, -0.2) is 21.9 Å². The Balaban J connectivity index is 2.67. The molecular weight excluding hydrogens is 212 g/mol. The summed E-state index contributed by atoms with van der Waals surface area (Å²) in [5.74, 6) is -0.798. The Kier molecular flexibility index (Phi) is 4.38. The molecule has 0 aromatic carbocycles. The molecule has 0 atom stereocenters. The van der Waals surface area contributed by atoms with Crippen LogP contribution in [0.15, 0.2) is 12.4 Å². The highest BCUT2D eigenvalue weighted by atomic mass is 16.5. The zero-order chi connectivity index (χ0) is 12.0. The molecule has 0 fully saturated rings. The van der Waals surface area contributed by atoms with E-state index >= 15 is 0 Å². The highest BCUT2D eigenvalue weighted by Gasteiger charge is 2.08. The zero-order valence-electron chi connectivity index (χ0n) is 9.10. The SMILES string of the molecule is CC(=O)OCc1nccnc1COC(C)=O. The smallest absolute Gasteiger partial charge is 0.303 e. The third-order valence-corrected chi connectivity index (χ3v) is 1.68. The van der Waals surface area contributed by atoms with Crippen LogP contribution in [0, 0.1) is 0 Å². The van der Waals surface area contributed by atoms with Gasteiger partial charge in [0.1, 0.15) is 24.6 Å². The first-order valence-electron chi connectivity index (χ1n) is 4.65. The third-order valence-electron chi connectivity index (χ3n) is 1.68. The highest BCUT2D eigenvalue weighted by molar-refractivity contribution is 5.66. The lowest BCUT2D eigenvalue weighted by atomic mass is 10.3. The van der Waals surface area contributed by atoms with Gasteiger partial charge in [-0.3, -0.25) is 19.6 Å². The van der Waals surface area contributed by atoms with Crippen LogP contribution in [-0.2, 0) is 32.3 Å². The Morgan fingerprint density at radius 2 is 1.38 bits per heavy atom. The van der Waals surface area contributed by atoms with Crippen LogP contribution in [0.5, 0.6) is 0 Å². The van der Waals surface area contributed by atoms with Gasteiger partial charge in [-0.05, 0) is 0 Å². The Morgan fingerprint density at radius 1 is 1.00 bits per heavy atom. The van der Waals surface area contributed by atoms with Gasteiger partial charge in [0.2, 0.25) is 0 Å². The van der Waals surface area contributed by atoms with Crippen molar-refractivity contribution in [3.05, 3.63) is 23.8 Å². The molecule has 6 heteroatoms. The molecular formula is C10H12N2O4. The average molecular weight is 224 g/mol. The van der Waals surface area contributed by atoms with Crippen molar-refractivity contribution in [3.63, 3.8) is 0 Å². The largest absolute Gasteiger partial charge is 0.459 e. The van der Waals surface area contributed by atoms with E-state index < -0.39 is 11.9 Å². The molecule has 0 amide bonds. The van der Waals surface area contributed by atoms with Gasteiger partial charge in [-0.2, -0.15) is 0 Å². The second-order valence-corrected chi connectivity index (χ2v) is 3.01. The molecule has 0 N–H and O–H groups in total. The summed E-state index contributed by atoms with van der Waals surface area (Å²) in [6.07, 6.45) is 2.96. The van der Waals surface area contributed by atoms with E-state index in [1.165, 1.54) is 26.2 Å². The normalized spacial score (nSPS) is 9.62. The number of carbonyl (C=O) groups is 2. The summed E-state index contributed by atoms with van der Waals surface area (Å²) in [6, 6.07) is 0. The molecule has 6 nitrogen and oxygen atoms in total. The summed E-state index contributed by atoms with van der Waals surface area (Å²) in [7, 11) is 0. The van der Waals surface area contributed by atoms with Crippen LogP contribution < -0.4 is 0 Å². The zero-order valence-corrected chi connectivity index (χ0v) is 9.10. The first kappa shape index (κ1) is 12.1. The van der Waals surface area contributed by atoms with Crippen LogP contribution >= 0.6 is 0 Å². The summed E-state index contributed by atoms with van der Waals surface area (Å²) >= 11 is 0. The number of carbonyl (C=O) groups excluding carboxylic acids is 2. The minimum atomic E-state index is -0.399. The minimum absolute atomic E-state index is 0.0276. The average Bonchev–Trinajstić information content (AvgIpc) is 2.24. The van der Waals surface area contributed by atoms with Gasteiger partial charge in [-0.1, -0.05) is 0 Å². The number of nitrogens with zero attached hydrogens (tertiary/aromatic N) is 2. The van der Waals surface area contributed by atoms with Gasteiger partial charge < -0.3 is 9.47 Å². The minimum Gasteiger partial charge on any atom is -0.459 e. The van der Waals surface area contributed by atoms with E-state index in [0.29, 0.717) is 11.4 Å². The van der Waals surface area contributed by atoms with Crippen LogP contribution in [0.25, 0.3) is 0 Å². The molecule has 0 saturated carbocycles. The van der Waals surface area contributed by atoms with Crippen molar-refractivity contribution in [1.29, 1.82) is 0 Å². The molecule has 0 aliphatic rings. The Bertz CT molecular complexity index is 355. The van der Waals surface area contributed by atoms with E-state index in [2.05, 4.69) is 9.97 Å². The molecule has 0 aliphatic heterocycles. The topological polar surface area (TPSA) is 78.4 Å². The monoisotopic (exact) mass is 224 g/mol. The number of hydrogen-bond donors (Lipinski definition) is 0. The van der Waals surface area contributed by atoms with E-state index in [1.54, 1.807) is 0 Å². The highest BCUT2D eigenvalue weighted by Crippen LogP contribution is 2.05. The lowest BCUT2D eigenvalue weighted by molar-refractivity contribution is -0.144. The summed E-state index contributed by atoms with van der Waals surface area (Å²) in [5.41, 5.74) is 0.970. The molecule has 1 heterocycles. The number of hydrogen-bond acceptors (Lipinski definition) is 6. The lowest BCUT2D eigenvalue weighted by Crippen LogP contribution is -2.08. The predicted molar refractivity (Wildman–Crippen MR) is 53.0 cm³/mol. The van der Waals surface area contributed by atoms with E-state index in [4.69, 9.17) is 9.47 Å². The van der Waals surface area contributed by atoms with Crippen LogP contribution in [0.4, 0.5) is 0 Å². The van der Waals surface area contributed by atoms with Crippen molar-refractivity contribution in [1.82, 2.24) is 9.97 Å². The van der Waals surface area contributed by atoms with Crippen molar-refractivity contribution in [2.45, 2.75) is 27.1 Å². The molecule has 0 spiro atoms. The standard InChI is InChI=1S/C10H12N2O4/c1-7(13)15-5-9-10(6-16-8(2)14)12-4-3-11-9/h3-4H,5-6H2,1-2H3. The second-order valence-electron chi connectivity index (χ2n) is 3.01. The lowest BCUT2D eigenvalue weighted by Gasteiger charge is -2.07. The van der Waals surface area contributed by atoms with Gasteiger partial charge >= 0.3 is 11.9 Å². The fourth-order valence-corrected chi connectivity index (χ4v) is 0.977. The number of rotatable bonds is 4.